The number of hydrogen-bond donors (Lipinski definition) is 3. The number of rotatable bonds is 4. The van der Waals surface area contributed by atoms with Gasteiger partial charge in [0.15, 0.2) is 0 Å². The molecule has 0 radical (unpaired) electrons. The van der Waals surface area contributed by atoms with Crippen molar-refractivity contribution in [1.29, 1.82) is 0 Å². The number of carbonyl (C=O) groups is 2. The Labute approximate surface area is 119 Å². The Morgan fingerprint density at radius 3 is 2.29 bits per heavy atom. The van der Waals surface area contributed by atoms with Crippen molar-refractivity contribution in [3.8, 4) is 0 Å². The van der Waals surface area contributed by atoms with Gasteiger partial charge >= 0.3 is 11.8 Å². The summed E-state index contributed by atoms with van der Waals surface area (Å²) in [5.74, 6) is -4.61. The highest BCUT2D eigenvalue weighted by Crippen LogP contribution is 2.14. The van der Waals surface area contributed by atoms with E-state index in [9.17, 15) is 26.8 Å². The summed E-state index contributed by atoms with van der Waals surface area (Å²) in [5, 5.41) is 2.23. The van der Waals surface area contributed by atoms with E-state index in [1.165, 1.54) is 4.83 Å². The minimum Gasteiger partial charge on any atom is -0.346 e. The van der Waals surface area contributed by atoms with Gasteiger partial charge in [0.1, 0.15) is 16.5 Å². The zero-order valence-electron chi connectivity index (χ0n) is 11.1. The quantitative estimate of drug-likeness (QED) is 0.527. The first-order valence-electron chi connectivity index (χ1n) is 5.71. The molecular formula is C11H13F2N3O4S. The zero-order chi connectivity index (χ0) is 16.2. The van der Waals surface area contributed by atoms with Crippen LogP contribution >= 0.6 is 0 Å². The van der Waals surface area contributed by atoms with E-state index in [1.54, 1.807) is 19.3 Å². The molecule has 0 spiro atoms. The predicted octanol–water partition coefficient (Wildman–Crippen LogP) is -0.201. The van der Waals surface area contributed by atoms with Crippen molar-refractivity contribution in [3.05, 3.63) is 29.8 Å². The average molecular weight is 321 g/mol. The van der Waals surface area contributed by atoms with Crippen LogP contribution in [0.4, 0.5) is 8.78 Å². The molecule has 1 aromatic rings. The maximum absolute atomic E-state index is 13.3. The van der Waals surface area contributed by atoms with Gasteiger partial charge in [-0.15, -0.1) is 4.83 Å². The Morgan fingerprint density at radius 2 is 1.76 bits per heavy atom. The first kappa shape index (κ1) is 17.0. The van der Waals surface area contributed by atoms with Gasteiger partial charge in [0.2, 0.25) is 0 Å². The van der Waals surface area contributed by atoms with Gasteiger partial charge in [0.25, 0.3) is 10.0 Å². The minimum absolute atomic E-state index is 0.325. The van der Waals surface area contributed by atoms with E-state index in [0.29, 0.717) is 12.1 Å². The van der Waals surface area contributed by atoms with Gasteiger partial charge < -0.3 is 5.32 Å². The lowest BCUT2D eigenvalue weighted by Gasteiger charge is -2.10. The second-order valence-corrected chi connectivity index (χ2v) is 5.91. The van der Waals surface area contributed by atoms with Crippen molar-refractivity contribution < 1.29 is 26.8 Å². The predicted molar refractivity (Wildman–Crippen MR) is 68.1 cm³/mol. The highest BCUT2D eigenvalue weighted by Gasteiger charge is 2.22. The molecule has 2 amide bonds. The molecule has 0 saturated carbocycles. The molecule has 116 valence electrons. The molecule has 0 aliphatic carbocycles. The molecule has 7 nitrogen and oxygen atoms in total. The highest BCUT2D eigenvalue weighted by atomic mass is 32.2. The number of amides is 2. The fourth-order valence-corrected chi connectivity index (χ4v) is 2.15. The van der Waals surface area contributed by atoms with Crippen LogP contribution in [0.2, 0.25) is 0 Å². The molecule has 0 unspecified atom stereocenters. The molecule has 0 bridgehead atoms. The van der Waals surface area contributed by atoms with Crippen LogP contribution < -0.4 is 15.6 Å². The van der Waals surface area contributed by atoms with Crippen LogP contribution in [0.1, 0.15) is 13.8 Å². The van der Waals surface area contributed by atoms with E-state index < -0.39 is 38.4 Å². The van der Waals surface area contributed by atoms with E-state index in [4.69, 9.17) is 0 Å². The molecule has 10 heteroatoms. The highest BCUT2D eigenvalue weighted by molar-refractivity contribution is 7.89. The van der Waals surface area contributed by atoms with Crippen molar-refractivity contribution in [1.82, 2.24) is 15.6 Å². The summed E-state index contributed by atoms with van der Waals surface area (Å²) in [6, 6.07) is 1.48. The molecule has 0 heterocycles. The number of benzene rings is 1. The molecule has 0 aromatic heterocycles. The molecule has 0 fully saturated rings. The van der Waals surface area contributed by atoms with Gasteiger partial charge in [-0.2, -0.15) is 0 Å². The van der Waals surface area contributed by atoms with Gasteiger partial charge in [-0.05, 0) is 26.0 Å². The molecule has 0 aliphatic heterocycles. The van der Waals surface area contributed by atoms with E-state index in [0.717, 1.165) is 6.07 Å². The SMILES string of the molecule is CC(C)NC(=O)C(=O)NNS(=O)(=O)c1ccc(F)cc1F. The summed E-state index contributed by atoms with van der Waals surface area (Å²) in [6.07, 6.45) is 0. The third kappa shape index (κ3) is 4.76. The third-order valence-electron chi connectivity index (χ3n) is 2.11. The second kappa shape index (κ2) is 6.59. The zero-order valence-corrected chi connectivity index (χ0v) is 11.9. The fourth-order valence-electron chi connectivity index (χ4n) is 1.25. The maximum Gasteiger partial charge on any atom is 0.324 e. The standard InChI is InChI=1S/C11H13F2N3O4S/c1-6(2)14-10(17)11(18)15-16-21(19,20)9-4-3-7(12)5-8(9)13/h3-6,16H,1-2H3,(H,14,17)(H,15,18). The molecule has 21 heavy (non-hydrogen) atoms. The lowest BCUT2D eigenvalue weighted by atomic mass is 10.3. The van der Waals surface area contributed by atoms with Gasteiger partial charge in [-0.1, -0.05) is 0 Å². The molecular weight excluding hydrogens is 308 g/mol. The lowest BCUT2D eigenvalue weighted by Crippen LogP contribution is -2.49. The smallest absolute Gasteiger partial charge is 0.324 e. The topological polar surface area (TPSA) is 104 Å². The van der Waals surface area contributed by atoms with Gasteiger partial charge in [0.05, 0.1) is 0 Å². The van der Waals surface area contributed by atoms with E-state index >= 15 is 0 Å². The number of sulfonamides is 1. The number of nitrogens with one attached hydrogen (secondary N) is 3. The first-order valence-corrected chi connectivity index (χ1v) is 7.19. The Balaban J connectivity index is 2.78. The van der Waals surface area contributed by atoms with Crippen LogP contribution in [0.15, 0.2) is 23.1 Å². The summed E-state index contributed by atoms with van der Waals surface area (Å²) in [7, 11) is -4.47. The Bertz CT molecular complexity index is 661. The van der Waals surface area contributed by atoms with E-state index in [-0.39, 0.29) is 6.04 Å². The summed E-state index contributed by atoms with van der Waals surface area (Å²) < 4.78 is 49.4. The molecule has 0 aliphatic rings. The van der Waals surface area contributed by atoms with Crippen molar-refractivity contribution in [3.63, 3.8) is 0 Å². The Morgan fingerprint density at radius 1 is 1.14 bits per heavy atom. The van der Waals surface area contributed by atoms with Gasteiger partial charge in [-0.3, -0.25) is 15.0 Å². The molecule has 3 N–H and O–H groups in total. The second-order valence-electron chi connectivity index (χ2n) is 4.26. The van der Waals surface area contributed by atoms with Gasteiger partial charge in [-0.25, -0.2) is 17.2 Å². The summed E-state index contributed by atoms with van der Waals surface area (Å²) in [5.41, 5.74) is 1.62. The summed E-state index contributed by atoms with van der Waals surface area (Å²) in [4.78, 5) is 23.2. The number of carbonyl (C=O) groups excluding carboxylic acids is 2. The summed E-state index contributed by atoms with van der Waals surface area (Å²) in [6.45, 7) is 3.20. The van der Waals surface area contributed by atoms with Crippen LogP contribution in [0.3, 0.4) is 0 Å². The van der Waals surface area contributed by atoms with Crippen molar-refractivity contribution in [2.45, 2.75) is 24.8 Å². The molecule has 1 rings (SSSR count). The normalized spacial score (nSPS) is 11.3. The van der Waals surface area contributed by atoms with Crippen LogP contribution in [-0.4, -0.2) is 26.3 Å². The summed E-state index contributed by atoms with van der Waals surface area (Å²) >= 11 is 0. The van der Waals surface area contributed by atoms with Crippen LogP contribution in [0, 0.1) is 11.6 Å². The molecule has 0 saturated heterocycles. The molecule has 1 aromatic carbocycles. The Hall–Kier alpha value is -2.07. The average Bonchev–Trinajstić information content (AvgIpc) is 2.34. The Kier molecular flexibility index (Phi) is 5.33. The fraction of sp³-hybridized carbons (Fsp3) is 0.273. The monoisotopic (exact) mass is 321 g/mol. The minimum atomic E-state index is -4.47. The van der Waals surface area contributed by atoms with Gasteiger partial charge in [0, 0.05) is 12.1 Å². The maximum atomic E-state index is 13.3. The lowest BCUT2D eigenvalue weighted by molar-refractivity contribution is -0.139. The van der Waals surface area contributed by atoms with Crippen LogP contribution in [0.5, 0.6) is 0 Å². The van der Waals surface area contributed by atoms with Crippen molar-refractivity contribution in [2.24, 2.45) is 0 Å². The molecule has 0 atom stereocenters. The van der Waals surface area contributed by atoms with E-state index in [2.05, 4.69) is 5.32 Å². The van der Waals surface area contributed by atoms with Crippen LogP contribution in [-0.2, 0) is 19.6 Å². The van der Waals surface area contributed by atoms with Crippen LogP contribution in [0.25, 0.3) is 0 Å². The third-order valence-corrected chi connectivity index (χ3v) is 3.39. The number of hydrogen-bond acceptors (Lipinski definition) is 4. The largest absolute Gasteiger partial charge is 0.346 e. The number of halogens is 2. The number of hydrazine groups is 1. The first-order chi connectivity index (χ1) is 9.63. The van der Waals surface area contributed by atoms with Crippen molar-refractivity contribution >= 4 is 21.8 Å². The van der Waals surface area contributed by atoms with E-state index in [1.807, 2.05) is 0 Å². The van der Waals surface area contributed by atoms with Crippen molar-refractivity contribution in [2.75, 3.05) is 0 Å².